The number of alkyl carbamates (subject to hydrolysis) is 1. The van der Waals surface area contributed by atoms with Gasteiger partial charge in [0.05, 0.1) is 26.0 Å². The third kappa shape index (κ3) is 8.45. The van der Waals surface area contributed by atoms with Crippen molar-refractivity contribution < 1.29 is 26.6 Å². The molecule has 24 heavy (non-hydrogen) atoms. The first-order valence-corrected chi connectivity index (χ1v) is 12.1. The van der Waals surface area contributed by atoms with Crippen molar-refractivity contribution in [3.63, 3.8) is 0 Å². The topological polar surface area (TPSA) is 90.9 Å². The monoisotopic (exact) mass is 383 g/mol. The van der Waals surface area contributed by atoms with E-state index in [2.05, 4.69) is 46.5 Å². The summed E-state index contributed by atoms with van der Waals surface area (Å²) < 4.78 is 38.6. The number of hydrogen-bond acceptors (Lipinski definition) is 6. The van der Waals surface area contributed by atoms with Crippen LogP contribution in [0, 0.1) is 5.41 Å². The Labute approximate surface area is 148 Å². The molecule has 0 aromatic rings. The van der Waals surface area contributed by atoms with Crippen LogP contribution in [0.1, 0.15) is 41.5 Å². The molecule has 0 aliphatic heterocycles. The molecule has 1 N–H and O–H groups in total. The smallest absolute Gasteiger partial charge is 0.407 e. The second kappa shape index (κ2) is 9.16. The van der Waals surface area contributed by atoms with Gasteiger partial charge in [-0.1, -0.05) is 34.6 Å². The minimum absolute atomic E-state index is 0.00277. The summed E-state index contributed by atoms with van der Waals surface area (Å²) in [7, 11) is -5.29. The second-order valence-corrected chi connectivity index (χ2v) is 12.1. The van der Waals surface area contributed by atoms with Gasteiger partial charge in [-0.15, -0.1) is 0 Å². The zero-order valence-electron chi connectivity index (χ0n) is 16.1. The van der Waals surface area contributed by atoms with Gasteiger partial charge in [0, 0.05) is 0 Å². The predicted molar refractivity (Wildman–Crippen MR) is 97.2 cm³/mol. The Morgan fingerprint density at radius 2 is 1.75 bits per heavy atom. The maximum absolute atomic E-state index is 11.4. The molecule has 1 amide bonds. The van der Waals surface area contributed by atoms with E-state index >= 15 is 0 Å². The van der Waals surface area contributed by atoms with Crippen molar-refractivity contribution in [3.05, 3.63) is 0 Å². The van der Waals surface area contributed by atoms with Crippen LogP contribution in [0.2, 0.25) is 11.6 Å². The highest BCUT2D eigenvalue weighted by molar-refractivity contribution is 7.86. The number of nitrogens with one attached hydrogen (secondary N) is 1. The highest BCUT2D eigenvalue weighted by Gasteiger charge is 2.40. The lowest BCUT2D eigenvalue weighted by atomic mass is 9.82. The first kappa shape index (κ1) is 23.4. The van der Waals surface area contributed by atoms with Gasteiger partial charge in [-0.05, 0) is 23.9 Å². The summed E-state index contributed by atoms with van der Waals surface area (Å²) in [6, 6.07) is 0. The average molecular weight is 384 g/mol. The minimum atomic E-state index is -3.65. The van der Waals surface area contributed by atoms with Crippen LogP contribution >= 0.6 is 0 Å². The molecule has 0 aliphatic rings. The van der Waals surface area contributed by atoms with Crippen molar-refractivity contribution in [2.24, 2.45) is 5.41 Å². The molecule has 0 aromatic heterocycles. The second-order valence-electron chi connectivity index (χ2n) is 7.47. The number of hydrogen-bond donors (Lipinski definition) is 1. The van der Waals surface area contributed by atoms with Gasteiger partial charge >= 0.3 is 6.09 Å². The Morgan fingerprint density at radius 3 is 2.17 bits per heavy atom. The fourth-order valence-corrected chi connectivity index (χ4v) is 4.57. The van der Waals surface area contributed by atoms with E-state index in [0.29, 0.717) is 0 Å². The summed E-state index contributed by atoms with van der Waals surface area (Å²) in [5.74, 6) is 0. The zero-order valence-corrected chi connectivity index (χ0v) is 18.1. The van der Waals surface area contributed by atoms with E-state index in [-0.39, 0.29) is 30.2 Å². The third-order valence-corrected chi connectivity index (χ3v) is 8.75. The Kier molecular flexibility index (Phi) is 8.92. The van der Waals surface area contributed by atoms with Crippen LogP contribution in [-0.2, 0) is 23.5 Å². The molecule has 7 nitrogen and oxygen atoms in total. The van der Waals surface area contributed by atoms with E-state index in [1.807, 2.05) is 0 Å². The van der Waals surface area contributed by atoms with Gasteiger partial charge in [0.2, 0.25) is 0 Å². The summed E-state index contributed by atoms with van der Waals surface area (Å²) in [6.45, 7) is 14.9. The number of carbonyl (C=O) groups is 1. The lowest BCUT2D eigenvalue weighted by Crippen LogP contribution is -2.43. The first-order chi connectivity index (χ1) is 10.7. The van der Waals surface area contributed by atoms with E-state index in [4.69, 9.17) is 13.3 Å². The highest BCUT2D eigenvalue weighted by atomic mass is 32.2. The first-order valence-electron chi connectivity index (χ1n) is 8.11. The normalized spacial score (nSPS) is 15.7. The fourth-order valence-electron chi connectivity index (χ4n) is 1.82. The van der Waals surface area contributed by atoms with Gasteiger partial charge < -0.3 is 14.5 Å². The van der Waals surface area contributed by atoms with Crippen molar-refractivity contribution in [2.45, 2.75) is 59.2 Å². The zero-order chi connectivity index (χ0) is 19.2. The van der Waals surface area contributed by atoms with Crippen LogP contribution in [0.25, 0.3) is 0 Å². The van der Waals surface area contributed by atoms with E-state index in [9.17, 15) is 13.2 Å². The maximum Gasteiger partial charge on any atom is 0.407 e. The summed E-state index contributed by atoms with van der Waals surface area (Å²) >= 11 is 0. The van der Waals surface area contributed by atoms with Crippen LogP contribution in [-0.4, -0.2) is 55.7 Å². The van der Waals surface area contributed by atoms with Crippen LogP contribution < -0.4 is 5.32 Å². The molecule has 0 rings (SSSR count). The molecule has 2 unspecified atom stereocenters. The minimum Gasteiger partial charge on any atom is -0.450 e. The SMILES string of the molecule is CCOC(=O)NCC(CO[SiH](C)C(C)(C)C(C)(C)C)OS(C)(=O)=O. The summed E-state index contributed by atoms with van der Waals surface area (Å²) in [6.07, 6.45) is -0.417. The molecule has 2 atom stereocenters. The summed E-state index contributed by atoms with van der Waals surface area (Å²) in [5.41, 5.74) is 0.0645. The van der Waals surface area contributed by atoms with Crippen molar-refractivity contribution in [1.29, 1.82) is 0 Å². The fraction of sp³-hybridized carbons (Fsp3) is 0.933. The molecular weight excluding hydrogens is 350 g/mol. The number of amides is 1. The largest absolute Gasteiger partial charge is 0.450 e. The average Bonchev–Trinajstić information content (AvgIpc) is 2.39. The molecule has 0 saturated carbocycles. The maximum atomic E-state index is 11.4. The Bertz CT molecular complexity index is 501. The molecule has 0 aromatic carbocycles. The Hall–Kier alpha value is -0.643. The lowest BCUT2D eigenvalue weighted by molar-refractivity contribution is 0.113. The molecular formula is C15H33NO6SSi. The van der Waals surface area contributed by atoms with E-state index < -0.39 is 31.4 Å². The van der Waals surface area contributed by atoms with Gasteiger partial charge in [0.25, 0.3) is 10.1 Å². The molecule has 144 valence electrons. The van der Waals surface area contributed by atoms with Crippen molar-refractivity contribution >= 4 is 25.3 Å². The van der Waals surface area contributed by atoms with Crippen molar-refractivity contribution in [1.82, 2.24) is 5.32 Å². The molecule has 0 bridgehead atoms. The Balaban J connectivity index is 4.80. The van der Waals surface area contributed by atoms with Crippen LogP contribution in [0.3, 0.4) is 0 Å². The number of rotatable bonds is 9. The van der Waals surface area contributed by atoms with E-state index in [1.54, 1.807) is 6.92 Å². The number of carbonyl (C=O) groups excluding carboxylic acids is 1. The standard InChI is InChI=1S/C15H33NO6SSi/c1-9-20-13(17)16-10-12(22-23(7,18)19)11-21-24(8)15(5,6)14(2,3)4/h12,24H,9-11H2,1-8H3,(H,16,17). The van der Waals surface area contributed by atoms with Gasteiger partial charge in [0.15, 0.2) is 9.04 Å². The third-order valence-electron chi connectivity index (χ3n) is 4.54. The molecule has 0 heterocycles. The highest BCUT2D eigenvalue weighted by Crippen LogP contribution is 2.47. The van der Waals surface area contributed by atoms with E-state index in [0.717, 1.165) is 6.26 Å². The summed E-state index contributed by atoms with van der Waals surface area (Å²) in [5, 5.41) is 2.48. The van der Waals surface area contributed by atoms with Gasteiger partial charge in [-0.25, -0.2) is 4.79 Å². The van der Waals surface area contributed by atoms with Crippen LogP contribution in [0.4, 0.5) is 4.79 Å². The Morgan fingerprint density at radius 1 is 1.21 bits per heavy atom. The quantitative estimate of drug-likeness (QED) is 0.485. The molecule has 0 radical (unpaired) electrons. The summed E-state index contributed by atoms with van der Waals surface area (Å²) in [4.78, 5) is 11.4. The van der Waals surface area contributed by atoms with Crippen molar-refractivity contribution in [2.75, 3.05) is 26.0 Å². The molecule has 0 saturated heterocycles. The predicted octanol–water partition coefficient (Wildman–Crippen LogP) is 2.27. The number of ether oxygens (including phenoxy) is 1. The molecule has 9 heteroatoms. The molecule has 0 fully saturated rings. The van der Waals surface area contributed by atoms with Gasteiger partial charge in [0.1, 0.15) is 6.10 Å². The van der Waals surface area contributed by atoms with Gasteiger partial charge in [-0.3, -0.25) is 4.18 Å². The molecule has 0 spiro atoms. The van der Waals surface area contributed by atoms with Crippen LogP contribution in [0.15, 0.2) is 0 Å². The van der Waals surface area contributed by atoms with Gasteiger partial charge in [-0.2, -0.15) is 8.42 Å². The van der Waals surface area contributed by atoms with Crippen molar-refractivity contribution in [3.8, 4) is 0 Å². The van der Waals surface area contributed by atoms with E-state index in [1.165, 1.54) is 0 Å². The molecule has 0 aliphatic carbocycles. The van der Waals surface area contributed by atoms with Crippen LogP contribution in [0.5, 0.6) is 0 Å². The lowest BCUT2D eigenvalue weighted by Gasteiger charge is -2.42.